The Kier molecular flexibility index (Phi) is 5.72. The maximum absolute atomic E-state index is 12.3. The number of methoxy groups -OCH3 is 2. The van der Waals surface area contributed by atoms with Crippen molar-refractivity contribution in [3.8, 4) is 0 Å². The normalized spacial score (nSPS) is 25.8. The number of ether oxygens (including phenoxy) is 3. The predicted octanol–water partition coefficient (Wildman–Crippen LogP) is 0.160. The van der Waals surface area contributed by atoms with E-state index in [2.05, 4.69) is 4.98 Å². The molecular formula is C14H23N3O4. The standard InChI is InChI=1S/C14H23N3O4/c1-16(13(18)4-6-17-7-5-15-10-17)11-8-21-9-12(19-2)14(11)20-3/h5,7,10-12,14H,4,6,8-9H2,1-3H3/t11-,12-,14+/m1/s1. The van der Waals surface area contributed by atoms with Gasteiger partial charge < -0.3 is 23.7 Å². The second kappa shape index (κ2) is 7.53. The lowest BCUT2D eigenvalue weighted by atomic mass is 10.0. The molecule has 1 aromatic rings. The van der Waals surface area contributed by atoms with Crippen molar-refractivity contribution in [3.05, 3.63) is 18.7 Å². The van der Waals surface area contributed by atoms with E-state index in [-0.39, 0.29) is 24.2 Å². The van der Waals surface area contributed by atoms with E-state index >= 15 is 0 Å². The van der Waals surface area contributed by atoms with Crippen LogP contribution in [0.1, 0.15) is 6.42 Å². The SMILES string of the molecule is CO[C@H]1[C@H](N(C)C(=O)CCn2ccnc2)COC[C@H]1OC. The van der Waals surface area contributed by atoms with E-state index in [1.54, 1.807) is 38.7 Å². The Morgan fingerprint density at radius 2 is 2.24 bits per heavy atom. The zero-order valence-corrected chi connectivity index (χ0v) is 12.8. The molecule has 0 bridgehead atoms. The summed E-state index contributed by atoms with van der Waals surface area (Å²) in [5.74, 6) is 0.0519. The summed E-state index contributed by atoms with van der Waals surface area (Å²) in [6.07, 6.45) is 5.33. The topological polar surface area (TPSA) is 65.8 Å². The molecule has 1 fully saturated rings. The van der Waals surface area contributed by atoms with Crippen molar-refractivity contribution in [3.63, 3.8) is 0 Å². The molecule has 0 aliphatic carbocycles. The van der Waals surface area contributed by atoms with Crippen molar-refractivity contribution >= 4 is 5.91 Å². The molecule has 0 N–H and O–H groups in total. The number of rotatable bonds is 6. The van der Waals surface area contributed by atoms with Gasteiger partial charge in [0, 0.05) is 46.6 Å². The molecule has 1 amide bonds. The Morgan fingerprint density at radius 1 is 1.43 bits per heavy atom. The van der Waals surface area contributed by atoms with Gasteiger partial charge in [0.25, 0.3) is 0 Å². The van der Waals surface area contributed by atoms with Crippen molar-refractivity contribution in [1.82, 2.24) is 14.5 Å². The fourth-order valence-corrected chi connectivity index (χ4v) is 2.59. The van der Waals surface area contributed by atoms with Gasteiger partial charge in [-0.2, -0.15) is 0 Å². The fraction of sp³-hybridized carbons (Fsp3) is 0.714. The summed E-state index contributed by atoms with van der Waals surface area (Å²) in [4.78, 5) is 18.0. The van der Waals surface area contributed by atoms with Crippen LogP contribution in [-0.4, -0.2) is 73.1 Å². The van der Waals surface area contributed by atoms with Crippen molar-refractivity contribution in [2.45, 2.75) is 31.2 Å². The van der Waals surface area contributed by atoms with E-state index in [9.17, 15) is 4.79 Å². The number of aromatic nitrogens is 2. The summed E-state index contributed by atoms with van der Waals surface area (Å²) in [6, 6.07) is -0.135. The number of carbonyl (C=O) groups excluding carboxylic acids is 1. The van der Waals surface area contributed by atoms with Crippen LogP contribution >= 0.6 is 0 Å². The second-order valence-corrected chi connectivity index (χ2v) is 5.13. The zero-order valence-electron chi connectivity index (χ0n) is 12.8. The third-order valence-electron chi connectivity index (χ3n) is 3.93. The van der Waals surface area contributed by atoms with Gasteiger partial charge in [-0.15, -0.1) is 0 Å². The third-order valence-corrected chi connectivity index (χ3v) is 3.93. The molecule has 7 nitrogen and oxygen atoms in total. The highest BCUT2D eigenvalue weighted by Gasteiger charge is 2.38. The minimum atomic E-state index is -0.175. The predicted molar refractivity (Wildman–Crippen MR) is 75.8 cm³/mol. The Balaban J connectivity index is 1.93. The molecule has 21 heavy (non-hydrogen) atoms. The third kappa shape index (κ3) is 3.81. The molecular weight excluding hydrogens is 274 g/mol. The van der Waals surface area contributed by atoms with Crippen LogP contribution < -0.4 is 0 Å². The maximum atomic E-state index is 12.3. The molecule has 118 valence electrons. The van der Waals surface area contributed by atoms with Crippen LogP contribution in [0.15, 0.2) is 18.7 Å². The van der Waals surface area contributed by atoms with Crippen LogP contribution in [0.5, 0.6) is 0 Å². The van der Waals surface area contributed by atoms with Gasteiger partial charge in [0.15, 0.2) is 0 Å². The second-order valence-electron chi connectivity index (χ2n) is 5.13. The molecule has 2 heterocycles. The summed E-state index contributed by atoms with van der Waals surface area (Å²) in [5, 5.41) is 0. The molecule has 0 aromatic carbocycles. The monoisotopic (exact) mass is 297 g/mol. The molecule has 0 saturated carbocycles. The first kappa shape index (κ1) is 15.9. The van der Waals surface area contributed by atoms with Crippen LogP contribution in [0.2, 0.25) is 0 Å². The smallest absolute Gasteiger partial charge is 0.224 e. The van der Waals surface area contributed by atoms with E-state index in [4.69, 9.17) is 14.2 Å². The van der Waals surface area contributed by atoms with Gasteiger partial charge in [-0.3, -0.25) is 4.79 Å². The molecule has 1 aromatic heterocycles. The highest BCUT2D eigenvalue weighted by atomic mass is 16.6. The van der Waals surface area contributed by atoms with Crippen LogP contribution in [-0.2, 0) is 25.5 Å². The lowest BCUT2D eigenvalue weighted by Crippen LogP contribution is -2.57. The molecule has 7 heteroatoms. The molecule has 1 saturated heterocycles. The summed E-state index contributed by atoms with van der Waals surface area (Å²) >= 11 is 0. The first-order chi connectivity index (χ1) is 10.2. The average Bonchev–Trinajstić information content (AvgIpc) is 3.04. The van der Waals surface area contributed by atoms with Crippen LogP contribution in [0, 0.1) is 0 Å². The quantitative estimate of drug-likeness (QED) is 0.748. The number of nitrogens with zero attached hydrogens (tertiary/aromatic N) is 3. The molecule has 3 atom stereocenters. The maximum Gasteiger partial charge on any atom is 0.224 e. The van der Waals surface area contributed by atoms with E-state index in [1.165, 1.54) is 0 Å². The summed E-state index contributed by atoms with van der Waals surface area (Å²) < 4.78 is 18.3. The Morgan fingerprint density at radius 3 is 2.86 bits per heavy atom. The number of hydrogen-bond donors (Lipinski definition) is 0. The highest BCUT2D eigenvalue weighted by Crippen LogP contribution is 2.19. The van der Waals surface area contributed by atoms with E-state index in [0.29, 0.717) is 26.2 Å². The molecule has 1 aliphatic rings. The summed E-state index contributed by atoms with van der Waals surface area (Å²) in [7, 11) is 5.05. The van der Waals surface area contributed by atoms with Gasteiger partial charge in [0.05, 0.1) is 25.6 Å². The number of imidazole rings is 1. The molecule has 0 spiro atoms. The lowest BCUT2D eigenvalue weighted by molar-refractivity contribution is -0.164. The first-order valence-corrected chi connectivity index (χ1v) is 7.02. The van der Waals surface area contributed by atoms with Crippen LogP contribution in [0.25, 0.3) is 0 Å². The molecule has 0 radical (unpaired) electrons. The summed E-state index contributed by atoms with van der Waals surface area (Å²) in [5.41, 5.74) is 0. The minimum absolute atomic E-state index is 0.0519. The Hall–Kier alpha value is -1.44. The van der Waals surface area contributed by atoms with E-state index in [1.807, 2.05) is 10.8 Å². The van der Waals surface area contributed by atoms with Gasteiger partial charge in [-0.25, -0.2) is 4.98 Å². The van der Waals surface area contributed by atoms with Gasteiger partial charge in [-0.1, -0.05) is 0 Å². The minimum Gasteiger partial charge on any atom is -0.376 e. The first-order valence-electron chi connectivity index (χ1n) is 7.02. The van der Waals surface area contributed by atoms with Crippen molar-refractivity contribution in [2.24, 2.45) is 0 Å². The van der Waals surface area contributed by atoms with Gasteiger partial charge in [-0.05, 0) is 0 Å². The zero-order chi connectivity index (χ0) is 15.2. The van der Waals surface area contributed by atoms with Crippen molar-refractivity contribution in [1.29, 1.82) is 0 Å². The highest BCUT2D eigenvalue weighted by molar-refractivity contribution is 5.76. The van der Waals surface area contributed by atoms with E-state index in [0.717, 1.165) is 0 Å². The van der Waals surface area contributed by atoms with E-state index < -0.39 is 0 Å². The van der Waals surface area contributed by atoms with Gasteiger partial charge >= 0.3 is 0 Å². The number of aryl methyl sites for hydroxylation is 1. The van der Waals surface area contributed by atoms with Crippen LogP contribution in [0.3, 0.4) is 0 Å². The van der Waals surface area contributed by atoms with Gasteiger partial charge in [0.2, 0.25) is 5.91 Å². The number of carbonyl (C=O) groups is 1. The lowest BCUT2D eigenvalue weighted by Gasteiger charge is -2.40. The Bertz CT molecular complexity index is 437. The number of amides is 1. The van der Waals surface area contributed by atoms with Crippen molar-refractivity contribution in [2.75, 3.05) is 34.5 Å². The fourth-order valence-electron chi connectivity index (χ4n) is 2.59. The molecule has 0 unspecified atom stereocenters. The summed E-state index contributed by atoms with van der Waals surface area (Å²) in [6.45, 7) is 1.57. The Labute approximate surface area is 124 Å². The van der Waals surface area contributed by atoms with Crippen LogP contribution in [0.4, 0.5) is 0 Å². The van der Waals surface area contributed by atoms with Gasteiger partial charge in [0.1, 0.15) is 12.2 Å². The number of likely N-dealkylation sites (N-methyl/N-ethyl adjacent to an activating group) is 1. The number of hydrogen-bond acceptors (Lipinski definition) is 5. The molecule has 1 aliphatic heterocycles. The average molecular weight is 297 g/mol. The largest absolute Gasteiger partial charge is 0.376 e. The molecule has 2 rings (SSSR count). The van der Waals surface area contributed by atoms with Crippen molar-refractivity contribution < 1.29 is 19.0 Å².